The Bertz CT molecular complexity index is 1050. The van der Waals surface area contributed by atoms with Gasteiger partial charge in [0.25, 0.3) is 0 Å². The molecule has 1 fully saturated rings. The molecule has 1 aromatic carbocycles. The fourth-order valence-electron chi connectivity index (χ4n) is 3.89. The third kappa shape index (κ3) is 5.09. The number of piperazine rings is 1. The van der Waals surface area contributed by atoms with Crippen LogP contribution in [0, 0.1) is 0 Å². The van der Waals surface area contributed by atoms with Crippen molar-refractivity contribution < 1.29 is 14.2 Å². The molecule has 2 aromatic heterocycles. The lowest BCUT2D eigenvalue weighted by atomic mass is 10.1. The zero-order chi connectivity index (χ0) is 23.2. The van der Waals surface area contributed by atoms with E-state index in [1.807, 2.05) is 24.4 Å². The molecule has 0 unspecified atom stereocenters. The van der Waals surface area contributed by atoms with Crippen LogP contribution < -0.4 is 29.7 Å². The van der Waals surface area contributed by atoms with Crippen molar-refractivity contribution in [3.8, 4) is 28.5 Å². The van der Waals surface area contributed by atoms with Gasteiger partial charge in [0, 0.05) is 61.5 Å². The minimum absolute atomic E-state index is 0.457. The standard InChI is InChI=1S/C24H30N6O3/c1-5-17-15-30(11-10-25-17)22-7-6-16(14-27-22)19-8-9-26-24(29-19)28-18-12-20(31-2)23(33-4)21(13-18)32-3/h6-9,12-14,17,25H,5,10-11,15H2,1-4H3,(H,26,28,29)/t17-/m0/s1. The van der Waals surface area contributed by atoms with Crippen LogP contribution in [0.5, 0.6) is 17.2 Å². The van der Waals surface area contributed by atoms with Crippen LogP contribution in [0.1, 0.15) is 13.3 Å². The number of ether oxygens (including phenoxy) is 3. The SMILES string of the molecule is CC[C@H]1CN(c2ccc(-c3ccnc(Nc4cc(OC)c(OC)c(OC)c4)n3)cn2)CCN1. The number of benzene rings is 1. The van der Waals surface area contributed by atoms with Gasteiger partial charge in [0.1, 0.15) is 5.82 Å². The number of nitrogens with zero attached hydrogens (tertiary/aromatic N) is 4. The Morgan fingerprint density at radius 1 is 1.06 bits per heavy atom. The van der Waals surface area contributed by atoms with Gasteiger partial charge in [0.15, 0.2) is 11.5 Å². The van der Waals surface area contributed by atoms with Crippen molar-refractivity contribution in [3.63, 3.8) is 0 Å². The quantitative estimate of drug-likeness (QED) is 0.535. The molecule has 1 aliphatic rings. The van der Waals surface area contributed by atoms with E-state index in [9.17, 15) is 0 Å². The Labute approximate surface area is 194 Å². The smallest absolute Gasteiger partial charge is 0.227 e. The van der Waals surface area contributed by atoms with E-state index in [0.29, 0.717) is 29.2 Å². The number of methoxy groups -OCH3 is 3. The van der Waals surface area contributed by atoms with Crippen molar-refractivity contribution in [1.29, 1.82) is 0 Å². The lowest BCUT2D eigenvalue weighted by molar-refractivity contribution is 0.324. The summed E-state index contributed by atoms with van der Waals surface area (Å²) in [5.74, 6) is 3.07. The van der Waals surface area contributed by atoms with Gasteiger partial charge in [-0.05, 0) is 24.6 Å². The van der Waals surface area contributed by atoms with Crippen molar-refractivity contribution in [3.05, 3.63) is 42.7 Å². The highest BCUT2D eigenvalue weighted by Gasteiger charge is 2.19. The van der Waals surface area contributed by atoms with Crippen molar-refractivity contribution in [1.82, 2.24) is 20.3 Å². The topological polar surface area (TPSA) is 93.7 Å². The summed E-state index contributed by atoms with van der Waals surface area (Å²) in [6, 6.07) is 10.1. The fraction of sp³-hybridized carbons (Fsp3) is 0.375. The number of hydrogen-bond acceptors (Lipinski definition) is 9. The molecule has 9 heteroatoms. The highest BCUT2D eigenvalue weighted by molar-refractivity contribution is 5.67. The van der Waals surface area contributed by atoms with E-state index < -0.39 is 0 Å². The Kier molecular flexibility index (Phi) is 7.09. The lowest BCUT2D eigenvalue weighted by Gasteiger charge is -2.34. The number of anilines is 3. The molecule has 0 saturated carbocycles. The average Bonchev–Trinajstić information content (AvgIpc) is 2.88. The molecule has 0 amide bonds. The highest BCUT2D eigenvalue weighted by Crippen LogP contribution is 2.40. The van der Waals surface area contributed by atoms with Crippen molar-refractivity contribution >= 4 is 17.5 Å². The number of nitrogens with one attached hydrogen (secondary N) is 2. The molecule has 3 aromatic rings. The molecule has 174 valence electrons. The van der Waals surface area contributed by atoms with Gasteiger partial charge in [-0.15, -0.1) is 0 Å². The molecule has 1 aliphatic heterocycles. The molecular formula is C24H30N6O3. The molecule has 1 atom stereocenters. The van der Waals surface area contributed by atoms with E-state index in [2.05, 4.69) is 44.6 Å². The normalized spacial score (nSPS) is 15.8. The third-order valence-corrected chi connectivity index (χ3v) is 5.69. The van der Waals surface area contributed by atoms with Crippen LogP contribution in [0.25, 0.3) is 11.3 Å². The van der Waals surface area contributed by atoms with E-state index in [1.54, 1.807) is 27.5 Å². The molecule has 9 nitrogen and oxygen atoms in total. The lowest BCUT2D eigenvalue weighted by Crippen LogP contribution is -2.50. The largest absolute Gasteiger partial charge is 0.493 e. The molecule has 2 N–H and O–H groups in total. The first-order valence-electron chi connectivity index (χ1n) is 11.0. The zero-order valence-corrected chi connectivity index (χ0v) is 19.5. The molecule has 33 heavy (non-hydrogen) atoms. The average molecular weight is 451 g/mol. The highest BCUT2D eigenvalue weighted by atomic mass is 16.5. The summed E-state index contributed by atoms with van der Waals surface area (Å²) in [4.78, 5) is 16.0. The van der Waals surface area contributed by atoms with Gasteiger partial charge in [-0.2, -0.15) is 0 Å². The Morgan fingerprint density at radius 3 is 2.48 bits per heavy atom. The molecule has 0 bridgehead atoms. The first-order valence-corrected chi connectivity index (χ1v) is 11.0. The summed E-state index contributed by atoms with van der Waals surface area (Å²) in [6.07, 6.45) is 4.69. The minimum atomic E-state index is 0.457. The van der Waals surface area contributed by atoms with Crippen molar-refractivity contribution in [2.75, 3.05) is 51.2 Å². The maximum atomic E-state index is 5.42. The summed E-state index contributed by atoms with van der Waals surface area (Å²) in [6.45, 7) is 5.11. The number of rotatable bonds is 8. The van der Waals surface area contributed by atoms with E-state index in [1.165, 1.54) is 0 Å². The molecular weight excluding hydrogens is 420 g/mol. The first kappa shape index (κ1) is 22.6. The van der Waals surface area contributed by atoms with Crippen LogP contribution in [-0.4, -0.2) is 62.0 Å². The predicted octanol–water partition coefficient (Wildman–Crippen LogP) is 3.50. The van der Waals surface area contributed by atoms with E-state index >= 15 is 0 Å². The molecule has 4 rings (SSSR count). The Morgan fingerprint density at radius 2 is 1.85 bits per heavy atom. The van der Waals surface area contributed by atoms with Crippen LogP contribution in [0.2, 0.25) is 0 Å². The van der Waals surface area contributed by atoms with E-state index in [0.717, 1.165) is 48.8 Å². The Balaban J connectivity index is 1.53. The fourth-order valence-corrected chi connectivity index (χ4v) is 3.89. The summed E-state index contributed by atoms with van der Waals surface area (Å²) >= 11 is 0. The van der Waals surface area contributed by atoms with Gasteiger partial charge >= 0.3 is 0 Å². The number of aromatic nitrogens is 3. The molecule has 1 saturated heterocycles. The second kappa shape index (κ2) is 10.4. The molecule has 0 spiro atoms. The molecule has 0 aliphatic carbocycles. The van der Waals surface area contributed by atoms with E-state index in [-0.39, 0.29) is 0 Å². The van der Waals surface area contributed by atoms with Gasteiger partial charge in [0.05, 0.1) is 27.0 Å². The van der Waals surface area contributed by atoms with Gasteiger partial charge in [-0.25, -0.2) is 15.0 Å². The van der Waals surface area contributed by atoms with Gasteiger partial charge in [-0.1, -0.05) is 6.92 Å². The van der Waals surface area contributed by atoms with Crippen molar-refractivity contribution in [2.45, 2.75) is 19.4 Å². The first-order chi connectivity index (χ1) is 16.1. The van der Waals surface area contributed by atoms with Crippen LogP contribution >= 0.6 is 0 Å². The maximum Gasteiger partial charge on any atom is 0.227 e. The van der Waals surface area contributed by atoms with Gasteiger partial charge in [-0.3, -0.25) is 0 Å². The Hall–Kier alpha value is -3.59. The van der Waals surface area contributed by atoms with Crippen molar-refractivity contribution in [2.24, 2.45) is 0 Å². The predicted molar refractivity (Wildman–Crippen MR) is 129 cm³/mol. The minimum Gasteiger partial charge on any atom is -0.493 e. The van der Waals surface area contributed by atoms with Crippen LogP contribution in [0.4, 0.5) is 17.5 Å². The second-order valence-corrected chi connectivity index (χ2v) is 7.71. The summed E-state index contributed by atoms with van der Waals surface area (Å²) in [5, 5.41) is 6.75. The van der Waals surface area contributed by atoms with E-state index in [4.69, 9.17) is 19.2 Å². The number of hydrogen-bond donors (Lipinski definition) is 2. The molecule has 3 heterocycles. The number of pyridine rings is 1. The van der Waals surface area contributed by atoms with Gasteiger partial charge < -0.3 is 29.7 Å². The second-order valence-electron chi connectivity index (χ2n) is 7.71. The van der Waals surface area contributed by atoms with Gasteiger partial charge in [0.2, 0.25) is 11.7 Å². The van der Waals surface area contributed by atoms with Crippen LogP contribution in [-0.2, 0) is 0 Å². The van der Waals surface area contributed by atoms with Crippen LogP contribution in [0.3, 0.4) is 0 Å². The zero-order valence-electron chi connectivity index (χ0n) is 19.5. The van der Waals surface area contributed by atoms with Crippen LogP contribution in [0.15, 0.2) is 42.7 Å². The third-order valence-electron chi connectivity index (χ3n) is 5.69. The molecule has 0 radical (unpaired) electrons. The maximum absolute atomic E-state index is 5.42. The summed E-state index contributed by atoms with van der Waals surface area (Å²) in [5.41, 5.74) is 2.43. The monoisotopic (exact) mass is 450 g/mol. The summed E-state index contributed by atoms with van der Waals surface area (Å²) in [7, 11) is 4.74. The summed E-state index contributed by atoms with van der Waals surface area (Å²) < 4.78 is 16.2.